The number of anilines is 2. The molecule has 0 bridgehead atoms. The third-order valence-electron chi connectivity index (χ3n) is 14.3. The number of aryl methyl sites for hydroxylation is 2. The number of alkyl halides is 6. The summed E-state index contributed by atoms with van der Waals surface area (Å²) in [5.41, 5.74) is 5.43. The SMILES string of the molecule is NCCCn1ccnc1.O=C(NCCCn1ccnc1)C1(CCN2CCN(c3csc4cc(C(F)(F)F)ccc34)CC2)CC1.O=C(O)C1(CCN2CCN(c3csc4cc(C(F)(F)F)ccc34)CC2)CC1. The fraction of sp³-hybridized carbons (Fsp3) is 0.520. The second kappa shape index (κ2) is 22.7. The molecule has 10 rings (SSSR count). The number of aliphatic carboxylic acids is 1. The molecule has 6 heterocycles. The van der Waals surface area contributed by atoms with Gasteiger partial charge in [-0.15, -0.1) is 22.7 Å². The van der Waals surface area contributed by atoms with Crippen LogP contribution in [-0.2, 0) is 35.0 Å². The predicted octanol–water partition coefficient (Wildman–Crippen LogP) is 9.14. The third kappa shape index (κ3) is 13.4. The molecule has 2 aliphatic heterocycles. The van der Waals surface area contributed by atoms with E-state index in [0.717, 1.165) is 158 Å². The number of carboxylic acids is 1. The maximum Gasteiger partial charge on any atom is 0.416 e. The van der Waals surface area contributed by atoms with Crippen LogP contribution in [0.2, 0.25) is 0 Å². The summed E-state index contributed by atoms with van der Waals surface area (Å²) in [4.78, 5) is 41.1. The lowest BCUT2D eigenvalue weighted by molar-refractivity contribution is -0.144. The number of benzene rings is 2. The predicted molar refractivity (Wildman–Crippen MR) is 267 cm³/mol. The molecule has 4 N–H and O–H groups in total. The molecule has 21 heteroatoms. The number of carbonyl (C=O) groups is 2. The maximum absolute atomic E-state index is 13.0. The van der Waals surface area contributed by atoms with Crippen molar-refractivity contribution < 1.29 is 41.0 Å². The highest BCUT2D eigenvalue weighted by Gasteiger charge is 2.50. The minimum absolute atomic E-state index is 0.185. The van der Waals surface area contributed by atoms with E-state index in [-0.39, 0.29) is 11.3 Å². The van der Waals surface area contributed by atoms with E-state index in [1.165, 1.54) is 40.9 Å². The minimum atomic E-state index is -4.32. The molecule has 4 fully saturated rings. The molecule has 2 saturated carbocycles. The van der Waals surface area contributed by atoms with E-state index in [4.69, 9.17) is 5.73 Å². The summed E-state index contributed by atoms with van der Waals surface area (Å²) in [5, 5.41) is 18.1. The lowest BCUT2D eigenvalue weighted by Gasteiger charge is -2.36. The first kappa shape index (κ1) is 52.1. The van der Waals surface area contributed by atoms with Crippen molar-refractivity contribution in [2.45, 2.75) is 76.8 Å². The van der Waals surface area contributed by atoms with Gasteiger partial charge in [-0.2, -0.15) is 26.3 Å². The van der Waals surface area contributed by atoms with E-state index < -0.39 is 34.9 Å². The van der Waals surface area contributed by atoms with Crippen LogP contribution in [0.15, 0.2) is 84.6 Å². The van der Waals surface area contributed by atoms with Gasteiger partial charge in [0.2, 0.25) is 5.91 Å². The van der Waals surface area contributed by atoms with Gasteiger partial charge in [-0.3, -0.25) is 19.4 Å². The van der Waals surface area contributed by atoms with Gasteiger partial charge in [0.05, 0.1) is 46.0 Å². The van der Waals surface area contributed by atoms with Crippen LogP contribution in [-0.4, -0.2) is 124 Å². The Labute approximate surface area is 417 Å². The van der Waals surface area contributed by atoms with Crippen molar-refractivity contribution in [3.63, 3.8) is 0 Å². The average molecular weight is 1030 g/mol. The number of amides is 1. The summed E-state index contributed by atoms with van der Waals surface area (Å²) >= 11 is 2.71. The molecule has 0 atom stereocenters. The van der Waals surface area contributed by atoms with Crippen molar-refractivity contribution in [3.8, 4) is 0 Å². The fourth-order valence-corrected chi connectivity index (χ4v) is 11.3. The van der Waals surface area contributed by atoms with Crippen molar-refractivity contribution in [1.82, 2.24) is 34.2 Å². The largest absolute Gasteiger partial charge is 0.481 e. The van der Waals surface area contributed by atoms with Crippen molar-refractivity contribution in [2.24, 2.45) is 16.6 Å². The second-order valence-electron chi connectivity index (χ2n) is 19.0. The molecule has 384 valence electrons. The highest BCUT2D eigenvalue weighted by atomic mass is 32.1. The summed E-state index contributed by atoms with van der Waals surface area (Å²) in [7, 11) is 0. The molecule has 2 aliphatic carbocycles. The summed E-state index contributed by atoms with van der Waals surface area (Å²) in [5.74, 6) is -0.492. The molecule has 4 aliphatic rings. The first-order valence-electron chi connectivity index (χ1n) is 24.3. The molecule has 0 spiro atoms. The molecule has 2 saturated heterocycles. The van der Waals surface area contributed by atoms with E-state index in [1.54, 1.807) is 37.2 Å². The van der Waals surface area contributed by atoms with E-state index >= 15 is 0 Å². The zero-order valence-corrected chi connectivity index (χ0v) is 41.3. The van der Waals surface area contributed by atoms with Gasteiger partial charge in [-0.05, 0) is 95.3 Å². The van der Waals surface area contributed by atoms with Crippen LogP contribution in [0.25, 0.3) is 20.2 Å². The van der Waals surface area contributed by atoms with Gasteiger partial charge in [0, 0.05) is 128 Å². The van der Waals surface area contributed by atoms with Crippen LogP contribution >= 0.6 is 22.7 Å². The molecule has 6 aromatic rings. The van der Waals surface area contributed by atoms with Gasteiger partial charge in [-0.25, -0.2) is 9.97 Å². The number of nitrogens with zero attached hydrogens (tertiary/aromatic N) is 8. The Balaban J connectivity index is 0.000000166. The highest BCUT2D eigenvalue weighted by Crippen LogP contribution is 2.50. The molecule has 0 unspecified atom stereocenters. The van der Waals surface area contributed by atoms with Crippen LogP contribution < -0.4 is 20.9 Å². The Morgan fingerprint density at radius 1 is 0.648 bits per heavy atom. The van der Waals surface area contributed by atoms with E-state index in [2.05, 4.69) is 34.9 Å². The number of nitrogens with one attached hydrogen (secondary N) is 1. The lowest BCUT2D eigenvalue weighted by atomic mass is 10.0. The Kier molecular flexibility index (Phi) is 16.7. The number of aromatic nitrogens is 4. The summed E-state index contributed by atoms with van der Waals surface area (Å²) in [6.07, 6.45) is 9.31. The fourth-order valence-electron chi connectivity index (χ4n) is 9.27. The number of piperazine rings is 2. The number of hydrogen-bond donors (Lipinski definition) is 3. The third-order valence-corrected chi connectivity index (χ3v) is 16.1. The number of rotatable bonds is 17. The van der Waals surface area contributed by atoms with Crippen LogP contribution in [0.3, 0.4) is 0 Å². The average Bonchev–Trinajstić information content (AvgIpc) is 3.94. The molecule has 0 radical (unpaired) electrons. The minimum Gasteiger partial charge on any atom is -0.481 e. The van der Waals surface area contributed by atoms with E-state index in [9.17, 15) is 41.0 Å². The number of carbonyl (C=O) groups excluding carboxylic acids is 1. The number of nitrogens with two attached hydrogens (primary N) is 1. The standard InChI is InChI=1S/C25H30F3N5OS.C19H21F3N2O2S.C6H11N3/c26-25(27,28)19-2-3-20-21(17-35-22(20)16-19)33-14-12-31(13-15-33)10-6-24(4-5-24)23(34)30-7-1-9-32-11-8-29-18-32;20-19(21,22)13-1-2-14-15(12-27-16(14)11-13)24-9-7-23(8-10-24)6-5-18(3-4-18)17(25)26;7-2-1-4-9-5-3-8-6-9/h2-3,8,11,16-18H,1,4-7,9-10,12-15H2,(H,30,34);1-2,11-12H,3-10H2,(H,25,26);3,5-6H,1-2,4,7H2. The number of halogens is 6. The first-order chi connectivity index (χ1) is 34.1. The summed E-state index contributed by atoms with van der Waals surface area (Å²) in [6, 6.07) is 7.96. The second-order valence-corrected chi connectivity index (χ2v) is 20.9. The van der Waals surface area contributed by atoms with Gasteiger partial charge < -0.3 is 35.1 Å². The zero-order chi connectivity index (χ0) is 50.2. The number of thiophene rings is 2. The summed E-state index contributed by atoms with van der Waals surface area (Å²) in [6.45, 7) is 11.7. The number of hydrogen-bond acceptors (Lipinski definition) is 11. The van der Waals surface area contributed by atoms with E-state index in [0.29, 0.717) is 22.4 Å². The normalized spacial score (nSPS) is 17.9. The molecule has 1 amide bonds. The van der Waals surface area contributed by atoms with Crippen LogP contribution in [0.5, 0.6) is 0 Å². The number of imidazole rings is 2. The van der Waals surface area contributed by atoms with Gasteiger partial charge in [0.25, 0.3) is 0 Å². The molecule has 71 heavy (non-hydrogen) atoms. The summed E-state index contributed by atoms with van der Waals surface area (Å²) < 4.78 is 83.1. The Bertz CT molecular complexity index is 2650. The van der Waals surface area contributed by atoms with Crippen LogP contribution in [0.4, 0.5) is 37.7 Å². The molecule has 2 aromatic carbocycles. The lowest BCUT2D eigenvalue weighted by Crippen LogP contribution is -2.47. The Morgan fingerprint density at radius 3 is 1.49 bits per heavy atom. The zero-order valence-electron chi connectivity index (χ0n) is 39.6. The first-order valence-corrected chi connectivity index (χ1v) is 26.1. The molecular weight excluding hydrogens is 967 g/mol. The number of fused-ring (bicyclic) bond motifs is 2. The van der Waals surface area contributed by atoms with Crippen LogP contribution in [0, 0.1) is 10.8 Å². The maximum atomic E-state index is 13.0. The van der Waals surface area contributed by atoms with Crippen LogP contribution in [0.1, 0.15) is 62.5 Å². The number of carboxylic acid groups (broad SMARTS) is 1. The van der Waals surface area contributed by atoms with Gasteiger partial charge in [-0.1, -0.05) is 12.1 Å². The smallest absolute Gasteiger partial charge is 0.416 e. The highest BCUT2D eigenvalue weighted by molar-refractivity contribution is 7.18. The quantitative estimate of drug-likeness (QED) is 0.0599. The van der Waals surface area contributed by atoms with Crippen molar-refractivity contribution in [1.29, 1.82) is 0 Å². The monoisotopic (exact) mass is 1030 g/mol. The van der Waals surface area contributed by atoms with Crippen molar-refractivity contribution in [3.05, 3.63) is 95.7 Å². The van der Waals surface area contributed by atoms with Crippen molar-refractivity contribution >= 4 is 66.1 Å². The van der Waals surface area contributed by atoms with Gasteiger partial charge >= 0.3 is 18.3 Å². The van der Waals surface area contributed by atoms with Gasteiger partial charge in [0.15, 0.2) is 0 Å². The Hall–Kier alpha value is -5.22. The topological polar surface area (TPSA) is 141 Å². The van der Waals surface area contributed by atoms with Gasteiger partial charge in [0.1, 0.15) is 0 Å². The molecular formula is C50H62F6N10O3S2. The molecule has 4 aromatic heterocycles. The molecule has 13 nitrogen and oxygen atoms in total. The van der Waals surface area contributed by atoms with E-state index in [1.807, 2.05) is 32.3 Å². The Morgan fingerprint density at radius 2 is 1.10 bits per heavy atom. The van der Waals surface area contributed by atoms with Crippen molar-refractivity contribution in [2.75, 3.05) is 88.3 Å².